The zero-order chi connectivity index (χ0) is 18.4. The van der Waals surface area contributed by atoms with E-state index in [1.807, 2.05) is 23.4 Å². The van der Waals surface area contributed by atoms with E-state index in [9.17, 15) is 4.79 Å². The predicted molar refractivity (Wildman–Crippen MR) is 107 cm³/mol. The van der Waals surface area contributed by atoms with Crippen molar-refractivity contribution >= 4 is 34.5 Å². The Morgan fingerprint density at radius 2 is 2.31 bits per heavy atom. The number of nitrogens with one attached hydrogen (secondary N) is 2. The first kappa shape index (κ1) is 18.7. The van der Waals surface area contributed by atoms with Gasteiger partial charge in [-0.1, -0.05) is 12.8 Å². The molecule has 0 fully saturated rings. The lowest BCUT2D eigenvalue weighted by molar-refractivity contribution is -0.117. The Bertz CT molecular complexity index is 774. The van der Waals surface area contributed by atoms with Gasteiger partial charge in [-0.15, -0.1) is 11.8 Å². The summed E-state index contributed by atoms with van der Waals surface area (Å²) in [7, 11) is 0. The summed E-state index contributed by atoms with van der Waals surface area (Å²) in [5.74, 6) is 1.67. The number of nitrogens with two attached hydrogens (primary N) is 1. The van der Waals surface area contributed by atoms with E-state index in [4.69, 9.17) is 5.73 Å². The minimum Gasteiger partial charge on any atom is -0.349 e. The lowest BCUT2D eigenvalue weighted by Gasteiger charge is -2.26. The summed E-state index contributed by atoms with van der Waals surface area (Å²) < 4.78 is 0. The summed E-state index contributed by atoms with van der Waals surface area (Å²) in [6.07, 6.45) is 9.52. The number of aromatic amines is 1. The largest absolute Gasteiger partial charge is 0.349 e. The van der Waals surface area contributed by atoms with Gasteiger partial charge < -0.3 is 20.9 Å². The van der Waals surface area contributed by atoms with Gasteiger partial charge in [-0.3, -0.25) is 4.79 Å². The van der Waals surface area contributed by atoms with E-state index in [1.165, 1.54) is 0 Å². The Labute approximate surface area is 157 Å². The molecule has 0 bridgehead atoms. The fourth-order valence-electron chi connectivity index (χ4n) is 3.01. The first-order valence-electron chi connectivity index (χ1n) is 9.09. The van der Waals surface area contributed by atoms with Crippen molar-refractivity contribution in [2.45, 2.75) is 38.6 Å². The van der Waals surface area contributed by atoms with Gasteiger partial charge in [0, 0.05) is 30.7 Å². The molecule has 8 heteroatoms. The molecule has 0 saturated carbocycles. The summed E-state index contributed by atoms with van der Waals surface area (Å²) in [6.45, 7) is 3.60. The van der Waals surface area contributed by atoms with Crippen LogP contribution < -0.4 is 16.0 Å². The maximum atomic E-state index is 12.6. The van der Waals surface area contributed by atoms with Gasteiger partial charge >= 0.3 is 0 Å². The molecule has 4 N–H and O–H groups in total. The summed E-state index contributed by atoms with van der Waals surface area (Å²) in [6, 6.07) is 2.12. The molecule has 1 aliphatic heterocycles. The fraction of sp³-hybridized carbons (Fsp3) is 0.500. The highest BCUT2D eigenvalue weighted by molar-refractivity contribution is 8.04. The van der Waals surface area contributed by atoms with Crippen molar-refractivity contribution in [1.29, 1.82) is 0 Å². The third-order valence-corrected chi connectivity index (χ3v) is 5.40. The van der Waals surface area contributed by atoms with Crippen LogP contribution in [0.15, 0.2) is 29.7 Å². The van der Waals surface area contributed by atoms with Crippen molar-refractivity contribution in [3.05, 3.63) is 29.7 Å². The number of aromatic nitrogens is 3. The molecule has 3 heterocycles. The number of amides is 1. The summed E-state index contributed by atoms with van der Waals surface area (Å²) in [5.41, 5.74) is 6.32. The molecule has 7 nitrogen and oxygen atoms in total. The van der Waals surface area contributed by atoms with Gasteiger partial charge in [0.2, 0.25) is 0 Å². The molecule has 0 radical (unpaired) electrons. The monoisotopic (exact) mass is 374 g/mol. The molecule has 0 saturated heterocycles. The lowest BCUT2D eigenvalue weighted by atomic mass is 10.1. The number of carbonyl (C=O) groups excluding carboxylic acids is 1. The van der Waals surface area contributed by atoms with E-state index in [1.54, 1.807) is 18.1 Å². The normalized spacial score (nSPS) is 15.8. The average Bonchev–Trinajstić information content (AvgIpc) is 3.14. The average molecular weight is 375 g/mol. The third-order valence-electron chi connectivity index (χ3n) is 4.41. The molecule has 0 aliphatic carbocycles. The SMILES string of the molecule is CC(CCCCCN)NC(=O)C1=CN(c2ncnc3[nH]ccc23)CCS1. The number of hydrogen-bond acceptors (Lipinski definition) is 6. The summed E-state index contributed by atoms with van der Waals surface area (Å²) >= 11 is 1.59. The highest BCUT2D eigenvalue weighted by Crippen LogP contribution is 2.29. The Kier molecular flexibility index (Phi) is 6.51. The summed E-state index contributed by atoms with van der Waals surface area (Å²) in [4.78, 5) is 27.1. The highest BCUT2D eigenvalue weighted by atomic mass is 32.2. The Morgan fingerprint density at radius 1 is 1.42 bits per heavy atom. The molecule has 26 heavy (non-hydrogen) atoms. The van der Waals surface area contributed by atoms with Gasteiger partial charge in [-0.05, 0) is 32.4 Å². The number of fused-ring (bicyclic) bond motifs is 1. The second-order valence-electron chi connectivity index (χ2n) is 6.48. The molecular weight excluding hydrogens is 348 g/mol. The molecule has 0 aromatic carbocycles. The van der Waals surface area contributed by atoms with Crippen LogP contribution in [0.3, 0.4) is 0 Å². The van der Waals surface area contributed by atoms with Gasteiger partial charge in [-0.2, -0.15) is 0 Å². The van der Waals surface area contributed by atoms with Crippen molar-refractivity contribution in [3.8, 4) is 0 Å². The van der Waals surface area contributed by atoms with Crippen LogP contribution in [0.2, 0.25) is 0 Å². The number of thioether (sulfide) groups is 1. The molecule has 140 valence electrons. The second-order valence-corrected chi connectivity index (χ2v) is 7.62. The van der Waals surface area contributed by atoms with Gasteiger partial charge in [-0.25, -0.2) is 9.97 Å². The molecule has 1 aliphatic rings. The van der Waals surface area contributed by atoms with Gasteiger partial charge in [0.05, 0.1) is 10.3 Å². The molecule has 2 aromatic rings. The molecule has 0 spiro atoms. The number of nitrogens with zero attached hydrogens (tertiary/aromatic N) is 3. The van der Waals surface area contributed by atoms with Crippen LogP contribution in [0.5, 0.6) is 0 Å². The molecular formula is C18H26N6OS. The number of hydrogen-bond donors (Lipinski definition) is 3. The smallest absolute Gasteiger partial charge is 0.259 e. The highest BCUT2D eigenvalue weighted by Gasteiger charge is 2.21. The minimum absolute atomic E-state index is 0.00889. The zero-order valence-corrected chi connectivity index (χ0v) is 15.9. The Balaban J connectivity index is 1.64. The van der Waals surface area contributed by atoms with Gasteiger partial charge in [0.1, 0.15) is 17.8 Å². The standard InChI is InChI=1S/C18H26N6OS/c1-13(5-3-2-4-7-19)23-18(25)15-11-24(9-10-26-15)17-14-6-8-20-16(14)21-12-22-17/h6,8,11-13H,2-5,7,9-10,19H2,1H3,(H,23,25)(H,20,21,22). The molecule has 3 rings (SSSR count). The van der Waals surface area contributed by atoms with Gasteiger partial charge in [0.25, 0.3) is 5.91 Å². The van der Waals surface area contributed by atoms with Crippen molar-refractivity contribution < 1.29 is 4.79 Å². The van der Waals surface area contributed by atoms with Crippen LogP contribution >= 0.6 is 11.8 Å². The van der Waals surface area contributed by atoms with Crippen LogP contribution in [0.1, 0.15) is 32.6 Å². The van der Waals surface area contributed by atoms with E-state index in [0.717, 1.165) is 66.3 Å². The fourth-order valence-corrected chi connectivity index (χ4v) is 3.91. The lowest BCUT2D eigenvalue weighted by Crippen LogP contribution is -2.35. The second kappa shape index (κ2) is 9.05. The molecule has 2 aromatic heterocycles. The van der Waals surface area contributed by atoms with E-state index in [0.29, 0.717) is 0 Å². The molecule has 1 atom stereocenters. The maximum absolute atomic E-state index is 12.6. The van der Waals surface area contributed by atoms with Crippen LogP contribution in [0, 0.1) is 0 Å². The minimum atomic E-state index is -0.00889. The molecule has 1 unspecified atom stereocenters. The van der Waals surface area contributed by atoms with Crippen molar-refractivity contribution in [3.63, 3.8) is 0 Å². The maximum Gasteiger partial charge on any atom is 0.259 e. The van der Waals surface area contributed by atoms with Crippen LogP contribution in [0.25, 0.3) is 11.0 Å². The van der Waals surface area contributed by atoms with E-state index >= 15 is 0 Å². The first-order chi connectivity index (χ1) is 12.7. The number of rotatable bonds is 8. The Hall–Kier alpha value is -2.06. The van der Waals surface area contributed by atoms with Crippen LogP contribution in [-0.4, -0.2) is 45.7 Å². The topological polar surface area (TPSA) is 99.9 Å². The number of H-pyrrole nitrogens is 1. The van der Waals surface area contributed by atoms with Crippen molar-refractivity contribution in [1.82, 2.24) is 20.3 Å². The van der Waals surface area contributed by atoms with Crippen molar-refractivity contribution in [2.75, 3.05) is 23.7 Å². The number of anilines is 1. The number of carbonyl (C=O) groups is 1. The first-order valence-corrected chi connectivity index (χ1v) is 10.1. The van der Waals surface area contributed by atoms with E-state index in [2.05, 4.69) is 27.2 Å². The van der Waals surface area contributed by atoms with Crippen LogP contribution in [0.4, 0.5) is 5.82 Å². The van der Waals surface area contributed by atoms with Gasteiger partial charge in [0.15, 0.2) is 0 Å². The third kappa shape index (κ3) is 4.56. The van der Waals surface area contributed by atoms with Crippen molar-refractivity contribution in [2.24, 2.45) is 5.73 Å². The number of unbranched alkanes of at least 4 members (excludes halogenated alkanes) is 2. The quantitative estimate of drug-likeness (QED) is 0.614. The zero-order valence-electron chi connectivity index (χ0n) is 15.1. The molecule has 1 amide bonds. The summed E-state index contributed by atoms with van der Waals surface area (Å²) in [5, 5.41) is 4.07. The Morgan fingerprint density at radius 3 is 3.15 bits per heavy atom. The van der Waals surface area contributed by atoms with Crippen LogP contribution in [-0.2, 0) is 4.79 Å². The van der Waals surface area contributed by atoms with E-state index < -0.39 is 0 Å². The predicted octanol–water partition coefficient (Wildman–Crippen LogP) is 2.38. The van der Waals surface area contributed by atoms with E-state index in [-0.39, 0.29) is 11.9 Å².